The smallest absolute Gasteiger partial charge is 0.336 e. The summed E-state index contributed by atoms with van der Waals surface area (Å²) in [7, 11) is 0. The second-order valence-electron chi connectivity index (χ2n) is 2.76. The van der Waals surface area contributed by atoms with Gasteiger partial charge in [0.1, 0.15) is 0 Å². The lowest BCUT2D eigenvalue weighted by atomic mass is 10.1. The van der Waals surface area contributed by atoms with E-state index in [4.69, 9.17) is 5.11 Å². The van der Waals surface area contributed by atoms with Crippen molar-refractivity contribution in [2.75, 3.05) is 0 Å². The summed E-state index contributed by atoms with van der Waals surface area (Å²) >= 11 is 0. The molecule has 0 bridgehead atoms. The topological polar surface area (TPSA) is 51.4 Å². The van der Waals surface area contributed by atoms with Crippen LogP contribution in [0.1, 0.15) is 10.4 Å². The van der Waals surface area contributed by atoms with Gasteiger partial charge in [0.15, 0.2) is 12.4 Å². The molecule has 3 nitrogen and oxygen atoms in total. The first kappa shape index (κ1) is 7.73. The minimum atomic E-state index is -0.892. The molecule has 0 amide bonds. The number of fused-ring (bicyclic) bond motifs is 1. The first-order valence-corrected chi connectivity index (χ1v) is 3.91. The molecule has 64 valence electrons. The van der Waals surface area contributed by atoms with Crippen molar-refractivity contribution in [1.29, 1.82) is 0 Å². The van der Waals surface area contributed by atoms with E-state index in [9.17, 15) is 4.79 Å². The maximum absolute atomic E-state index is 10.8. The van der Waals surface area contributed by atoms with Gasteiger partial charge in [-0.1, -0.05) is 6.07 Å². The average Bonchev–Trinajstić information content (AvgIpc) is 2.17. The molecule has 0 atom stereocenters. The van der Waals surface area contributed by atoms with Crippen molar-refractivity contribution in [2.45, 2.75) is 0 Å². The molecule has 2 aromatic rings. The summed E-state index contributed by atoms with van der Waals surface area (Å²) in [5, 5.41) is 10.5. The quantitative estimate of drug-likeness (QED) is 0.709. The summed E-state index contributed by atoms with van der Waals surface area (Å²) in [5.74, 6) is -0.892. The molecular formula is C10H8NO2+. The predicted octanol–water partition coefficient (Wildman–Crippen LogP) is 1.35. The lowest BCUT2D eigenvalue weighted by molar-refractivity contribution is -0.375. The largest absolute Gasteiger partial charge is 0.478 e. The molecule has 0 aliphatic heterocycles. The van der Waals surface area contributed by atoms with Gasteiger partial charge in [0.25, 0.3) is 0 Å². The predicted molar refractivity (Wildman–Crippen MR) is 47.5 cm³/mol. The molecule has 2 rings (SSSR count). The maximum atomic E-state index is 10.8. The SMILES string of the molecule is O=C(O)c1cccc2c[nH+]ccc12. The zero-order valence-electron chi connectivity index (χ0n) is 6.82. The van der Waals surface area contributed by atoms with Gasteiger partial charge in [0.2, 0.25) is 0 Å². The molecule has 1 heterocycles. The summed E-state index contributed by atoms with van der Waals surface area (Å²) in [4.78, 5) is 13.7. The van der Waals surface area contributed by atoms with Crippen LogP contribution >= 0.6 is 0 Å². The normalized spacial score (nSPS) is 10.2. The Morgan fingerprint density at radius 2 is 2.15 bits per heavy atom. The van der Waals surface area contributed by atoms with Gasteiger partial charge in [-0.15, -0.1) is 0 Å². The number of aromatic amines is 1. The second-order valence-corrected chi connectivity index (χ2v) is 2.76. The molecule has 0 aliphatic carbocycles. The monoisotopic (exact) mass is 174 g/mol. The average molecular weight is 174 g/mol. The van der Waals surface area contributed by atoms with Crippen molar-refractivity contribution < 1.29 is 14.9 Å². The zero-order chi connectivity index (χ0) is 9.26. The van der Waals surface area contributed by atoms with E-state index >= 15 is 0 Å². The number of aromatic carboxylic acids is 1. The van der Waals surface area contributed by atoms with E-state index in [-0.39, 0.29) is 0 Å². The number of rotatable bonds is 1. The third-order valence-corrected chi connectivity index (χ3v) is 1.96. The summed E-state index contributed by atoms with van der Waals surface area (Å²) in [5.41, 5.74) is 0.339. The van der Waals surface area contributed by atoms with Crippen LogP contribution in [0.4, 0.5) is 0 Å². The van der Waals surface area contributed by atoms with Crippen molar-refractivity contribution in [1.82, 2.24) is 0 Å². The van der Waals surface area contributed by atoms with Crippen LogP contribution in [0.3, 0.4) is 0 Å². The van der Waals surface area contributed by atoms with Crippen LogP contribution in [0, 0.1) is 0 Å². The molecule has 0 saturated heterocycles. The maximum Gasteiger partial charge on any atom is 0.336 e. The first-order valence-electron chi connectivity index (χ1n) is 3.91. The Labute approximate surface area is 74.7 Å². The number of benzene rings is 1. The number of H-pyrrole nitrogens is 1. The van der Waals surface area contributed by atoms with E-state index in [1.807, 2.05) is 6.07 Å². The summed E-state index contributed by atoms with van der Waals surface area (Å²) < 4.78 is 0. The van der Waals surface area contributed by atoms with Crippen molar-refractivity contribution in [2.24, 2.45) is 0 Å². The Hall–Kier alpha value is -1.90. The Bertz CT molecular complexity index is 460. The Morgan fingerprint density at radius 1 is 1.31 bits per heavy atom. The lowest BCUT2D eigenvalue weighted by Gasteiger charge is -1.97. The highest BCUT2D eigenvalue weighted by Crippen LogP contribution is 2.15. The molecule has 0 spiro atoms. The van der Waals surface area contributed by atoms with Crippen molar-refractivity contribution in [3.63, 3.8) is 0 Å². The number of carboxylic acid groups (broad SMARTS) is 1. The van der Waals surface area contributed by atoms with Crippen LogP contribution in [-0.2, 0) is 0 Å². The van der Waals surface area contributed by atoms with Crippen molar-refractivity contribution in [3.05, 3.63) is 42.2 Å². The van der Waals surface area contributed by atoms with E-state index in [0.29, 0.717) is 5.56 Å². The van der Waals surface area contributed by atoms with Gasteiger partial charge in [-0.2, -0.15) is 0 Å². The minimum Gasteiger partial charge on any atom is -0.478 e. The second kappa shape index (κ2) is 2.86. The van der Waals surface area contributed by atoms with Crippen LogP contribution < -0.4 is 4.98 Å². The van der Waals surface area contributed by atoms with Gasteiger partial charge in [-0.25, -0.2) is 9.78 Å². The van der Waals surface area contributed by atoms with E-state index < -0.39 is 5.97 Å². The Kier molecular flexibility index (Phi) is 1.70. The van der Waals surface area contributed by atoms with Gasteiger partial charge in [-0.05, 0) is 12.1 Å². The number of carboxylic acids is 1. The molecule has 2 N–H and O–H groups in total. The Morgan fingerprint density at radius 3 is 2.92 bits per heavy atom. The van der Waals surface area contributed by atoms with Gasteiger partial charge < -0.3 is 5.11 Å². The third-order valence-electron chi connectivity index (χ3n) is 1.96. The summed E-state index contributed by atoms with van der Waals surface area (Å²) in [6.45, 7) is 0. The third kappa shape index (κ3) is 1.24. The lowest BCUT2D eigenvalue weighted by Crippen LogP contribution is -2.01. The molecule has 0 saturated carbocycles. The van der Waals surface area contributed by atoms with Gasteiger partial charge in [0, 0.05) is 16.8 Å². The number of aromatic nitrogens is 1. The number of hydrogen-bond acceptors (Lipinski definition) is 1. The highest BCUT2D eigenvalue weighted by molar-refractivity contribution is 6.03. The van der Waals surface area contributed by atoms with Crippen molar-refractivity contribution in [3.8, 4) is 0 Å². The number of carbonyl (C=O) groups is 1. The molecule has 0 aliphatic rings. The number of nitrogens with one attached hydrogen (secondary N) is 1. The van der Waals surface area contributed by atoms with Crippen LogP contribution in [-0.4, -0.2) is 11.1 Å². The zero-order valence-corrected chi connectivity index (χ0v) is 6.82. The standard InChI is InChI=1S/C10H7NO2/c12-10(13)9-3-1-2-7-6-11-5-4-8(7)9/h1-6H,(H,12,13)/p+1. The van der Waals surface area contributed by atoms with Gasteiger partial charge in [0.05, 0.1) is 5.56 Å². The molecule has 3 heteroatoms. The molecule has 0 fully saturated rings. The molecular weight excluding hydrogens is 166 g/mol. The fraction of sp³-hybridized carbons (Fsp3) is 0. The number of pyridine rings is 1. The highest BCUT2D eigenvalue weighted by Gasteiger charge is 2.07. The van der Waals surface area contributed by atoms with E-state index in [1.54, 1.807) is 30.6 Å². The van der Waals surface area contributed by atoms with E-state index in [1.165, 1.54) is 0 Å². The van der Waals surface area contributed by atoms with Crippen LogP contribution in [0.15, 0.2) is 36.7 Å². The van der Waals surface area contributed by atoms with Gasteiger partial charge in [-0.3, -0.25) is 0 Å². The molecule has 0 radical (unpaired) electrons. The first-order chi connectivity index (χ1) is 6.29. The molecule has 1 aromatic carbocycles. The fourth-order valence-corrected chi connectivity index (χ4v) is 1.35. The summed E-state index contributed by atoms with van der Waals surface area (Å²) in [6, 6.07) is 6.97. The van der Waals surface area contributed by atoms with E-state index in [0.717, 1.165) is 10.8 Å². The molecule has 0 unspecified atom stereocenters. The minimum absolute atomic E-state index is 0.339. The summed E-state index contributed by atoms with van der Waals surface area (Å²) in [6.07, 6.45) is 3.50. The Balaban J connectivity index is 2.83. The van der Waals surface area contributed by atoms with Crippen LogP contribution in [0.5, 0.6) is 0 Å². The fourth-order valence-electron chi connectivity index (χ4n) is 1.35. The van der Waals surface area contributed by atoms with Crippen LogP contribution in [0.2, 0.25) is 0 Å². The highest BCUT2D eigenvalue weighted by atomic mass is 16.4. The van der Waals surface area contributed by atoms with E-state index in [2.05, 4.69) is 4.98 Å². The molecule has 1 aromatic heterocycles. The van der Waals surface area contributed by atoms with Gasteiger partial charge >= 0.3 is 5.97 Å². The number of hydrogen-bond donors (Lipinski definition) is 1. The van der Waals surface area contributed by atoms with Crippen LogP contribution in [0.25, 0.3) is 10.8 Å². The van der Waals surface area contributed by atoms with Crippen molar-refractivity contribution >= 4 is 16.7 Å². The molecule has 13 heavy (non-hydrogen) atoms.